The Hall–Kier alpha value is -1.07. The molecule has 0 radical (unpaired) electrons. The van der Waals surface area contributed by atoms with Crippen LogP contribution in [-0.4, -0.2) is 19.1 Å². The third-order valence-electron chi connectivity index (χ3n) is 2.38. The SMILES string of the molecule is CNC(=O)C(C)Oc1ccc(Br)cc1[C@@H](C)N. The van der Waals surface area contributed by atoms with E-state index in [1.165, 1.54) is 0 Å². The van der Waals surface area contributed by atoms with E-state index in [0.717, 1.165) is 10.0 Å². The second-order valence-corrected chi connectivity index (χ2v) is 4.76. The van der Waals surface area contributed by atoms with Crippen LogP contribution in [0.5, 0.6) is 5.75 Å². The van der Waals surface area contributed by atoms with Crippen molar-refractivity contribution in [2.75, 3.05) is 7.05 Å². The quantitative estimate of drug-likeness (QED) is 0.894. The Morgan fingerprint density at radius 1 is 1.47 bits per heavy atom. The lowest BCUT2D eigenvalue weighted by Gasteiger charge is -2.18. The lowest BCUT2D eigenvalue weighted by Crippen LogP contribution is -2.34. The van der Waals surface area contributed by atoms with Gasteiger partial charge in [-0.15, -0.1) is 0 Å². The molecule has 1 unspecified atom stereocenters. The highest BCUT2D eigenvalue weighted by Crippen LogP contribution is 2.28. The minimum atomic E-state index is -0.543. The third kappa shape index (κ3) is 3.71. The summed E-state index contributed by atoms with van der Waals surface area (Å²) in [7, 11) is 1.58. The van der Waals surface area contributed by atoms with Gasteiger partial charge in [0.1, 0.15) is 5.75 Å². The van der Waals surface area contributed by atoms with Gasteiger partial charge in [-0.1, -0.05) is 15.9 Å². The summed E-state index contributed by atoms with van der Waals surface area (Å²) in [5, 5.41) is 2.54. The molecule has 0 spiro atoms. The van der Waals surface area contributed by atoms with Crippen molar-refractivity contribution in [2.45, 2.75) is 26.0 Å². The minimum absolute atomic E-state index is 0.153. The number of nitrogens with two attached hydrogens (primary N) is 1. The molecule has 0 saturated heterocycles. The highest BCUT2D eigenvalue weighted by atomic mass is 79.9. The number of rotatable bonds is 4. The molecule has 0 aliphatic carbocycles. The Morgan fingerprint density at radius 3 is 2.65 bits per heavy atom. The number of likely N-dealkylation sites (N-methyl/N-ethyl adjacent to an activating group) is 1. The molecule has 94 valence electrons. The van der Waals surface area contributed by atoms with Gasteiger partial charge in [0.15, 0.2) is 6.10 Å². The number of carbonyl (C=O) groups excluding carboxylic acids is 1. The normalized spacial score (nSPS) is 13.9. The molecule has 0 heterocycles. The van der Waals surface area contributed by atoms with Crippen LogP contribution in [0.2, 0.25) is 0 Å². The Bertz CT molecular complexity index is 407. The van der Waals surface area contributed by atoms with E-state index in [1.807, 2.05) is 25.1 Å². The molecule has 0 aliphatic rings. The van der Waals surface area contributed by atoms with Crippen LogP contribution >= 0.6 is 15.9 Å². The van der Waals surface area contributed by atoms with Crippen LogP contribution in [0.4, 0.5) is 0 Å². The maximum absolute atomic E-state index is 11.4. The molecule has 0 saturated carbocycles. The van der Waals surface area contributed by atoms with Gasteiger partial charge in [0, 0.05) is 23.1 Å². The molecule has 0 fully saturated rings. The lowest BCUT2D eigenvalue weighted by atomic mass is 10.1. The number of ether oxygens (including phenoxy) is 1. The first-order chi connectivity index (χ1) is 7.95. The zero-order valence-corrected chi connectivity index (χ0v) is 11.7. The molecular formula is C12H17BrN2O2. The van der Waals surface area contributed by atoms with Crippen LogP contribution in [0, 0.1) is 0 Å². The van der Waals surface area contributed by atoms with Crippen molar-refractivity contribution in [2.24, 2.45) is 5.73 Å². The maximum atomic E-state index is 11.4. The molecule has 2 atom stereocenters. The van der Waals surface area contributed by atoms with Crippen molar-refractivity contribution in [3.05, 3.63) is 28.2 Å². The van der Waals surface area contributed by atoms with E-state index >= 15 is 0 Å². The topological polar surface area (TPSA) is 64.3 Å². The third-order valence-corrected chi connectivity index (χ3v) is 2.88. The number of halogens is 1. The average molecular weight is 301 g/mol. The number of hydrogen-bond acceptors (Lipinski definition) is 3. The summed E-state index contributed by atoms with van der Waals surface area (Å²) < 4.78 is 6.54. The van der Waals surface area contributed by atoms with Crippen LogP contribution in [0.15, 0.2) is 22.7 Å². The molecule has 5 heteroatoms. The number of benzene rings is 1. The first-order valence-electron chi connectivity index (χ1n) is 5.39. The lowest BCUT2D eigenvalue weighted by molar-refractivity contribution is -0.126. The predicted octanol–water partition coefficient (Wildman–Crippen LogP) is 1.98. The first kappa shape index (κ1) is 14.0. The summed E-state index contributed by atoms with van der Waals surface area (Å²) in [5.41, 5.74) is 6.74. The van der Waals surface area contributed by atoms with Crippen molar-refractivity contribution in [3.8, 4) is 5.75 Å². The van der Waals surface area contributed by atoms with Gasteiger partial charge >= 0.3 is 0 Å². The van der Waals surface area contributed by atoms with Crippen LogP contribution in [0.3, 0.4) is 0 Å². The largest absolute Gasteiger partial charge is 0.481 e. The standard InChI is InChI=1S/C12H17BrN2O2/c1-7(14)10-6-9(13)4-5-11(10)17-8(2)12(16)15-3/h4-8H,14H2,1-3H3,(H,15,16)/t7-,8?/m1/s1. The van der Waals surface area contributed by atoms with Gasteiger partial charge in [0.05, 0.1) is 0 Å². The second-order valence-electron chi connectivity index (χ2n) is 3.85. The van der Waals surface area contributed by atoms with Gasteiger partial charge in [0.25, 0.3) is 5.91 Å². The van der Waals surface area contributed by atoms with E-state index in [-0.39, 0.29) is 11.9 Å². The molecule has 1 aromatic rings. The fraction of sp³-hybridized carbons (Fsp3) is 0.417. The Kier molecular flexibility index (Phi) is 4.96. The molecule has 0 aliphatic heterocycles. The smallest absolute Gasteiger partial charge is 0.260 e. The van der Waals surface area contributed by atoms with Crippen LogP contribution in [0.1, 0.15) is 25.5 Å². The monoisotopic (exact) mass is 300 g/mol. The van der Waals surface area contributed by atoms with Crippen molar-refractivity contribution in [1.82, 2.24) is 5.32 Å². The summed E-state index contributed by atoms with van der Waals surface area (Å²) in [5.74, 6) is 0.475. The summed E-state index contributed by atoms with van der Waals surface area (Å²) in [4.78, 5) is 11.4. The van der Waals surface area contributed by atoms with Crippen molar-refractivity contribution >= 4 is 21.8 Å². The Labute approximate surface area is 110 Å². The molecule has 3 N–H and O–H groups in total. The summed E-state index contributed by atoms with van der Waals surface area (Å²) in [6, 6.07) is 5.41. The van der Waals surface area contributed by atoms with Crippen molar-refractivity contribution in [1.29, 1.82) is 0 Å². The van der Waals surface area contributed by atoms with Crippen molar-refractivity contribution in [3.63, 3.8) is 0 Å². The second kappa shape index (κ2) is 6.02. The highest BCUT2D eigenvalue weighted by Gasteiger charge is 2.16. The average Bonchev–Trinajstić information content (AvgIpc) is 2.29. The minimum Gasteiger partial charge on any atom is -0.481 e. The van der Waals surface area contributed by atoms with Crippen LogP contribution < -0.4 is 15.8 Å². The molecule has 1 amide bonds. The van der Waals surface area contributed by atoms with E-state index in [1.54, 1.807) is 14.0 Å². The number of nitrogens with one attached hydrogen (secondary N) is 1. The molecular weight excluding hydrogens is 284 g/mol. The van der Waals surface area contributed by atoms with Gasteiger partial charge in [-0.2, -0.15) is 0 Å². The molecule has 1 rings (SSSR count). The Balaban J connectivity index is 2.94. The highest BCUT2D eigenvalue weighted by molar-refractivity contribution is 9.10. The summed E-state index contributed by atoms with van der Waals surface area (Å²) >= 11 is 3.38. The molecule has 17 heavy (non-hydrogen) atoms. The number of hydrogen-bond donors (Lipinski definition) is 2. The van der Waals surface area contributed by atoms with Gasteiger partial charge in [-0.25, -0.2) is 0 Å². The van der Waals surface area contributed by atoms with Crippen molar-refractivity contribution < 1.29 is 9.53 Å². The van der Waals surface area contributed by atoms with Gasteiger partial charge in [0.2, 0.25) is 0 Å². The van der Waals surface area contributed by atoms with E-state index in [4.69, 9.17) is 10.5 Å². The number of carbonyl (C=O) groups is 1. The van der Waals surface area contributed by atoms with E-state index < -0.39 is 6.10 Å². The van der Waals surface area contributed by atoms with Gasteiger partial charge < -0.3 is 15.8 Å². The van der Waals surface area contributed by atoms with Crippen LogP contribution in [0.25, 0.3) is 0 Å². The predicted molar refractivity (Wildman–Crippen MR) is 70.9 cm³/mol. The Morgan fingerprint density at radius 2 is 2.12 bits per heavy atom. The fourth-order valence-electron chi connectivity index (χ4n) is 1.43. The van der Waals surface area contributed by atoms with Gasteiger partial charge in [-0.05, 0) is 32.0 Å². The molecule has 1 aromatic carbocycles. The zero-order chi connectivity index (χ0) is 13.0. The molecule has 4 nitrogen and oxygen atoms in total. The summed E-state index contributed by atoms with van der Waals surface area (Å²) in [6.07, 6.45) is -0.543. The zero-order valence-electron chi connectivity index (χ0n) is 10.2. The summed E-state index contributed by atoms with van der Waals surface area (Å²) in [6.45, 7) is 3.57. The van der Waals surface area contributed by atoms with Gasteiger partial charge in [-0.3, -0.25) is 4.79 Å². The first-order valence-corrected chi connectivity index (χ1v) is 6.18. The van der Waals surface area contributed by atoms with E-state index in [9.17, 15) is 4.79 Å². The fourth-order valence-corrected chi connectivity index (χ4v) is 1.81. The molecule has 0 aromatic heterocycles. The van der Waals surface area contributed by atoms with Crippen LogP contribution in [-0.2, 0) is 4.79 Å². The molecule has 0 bridgehead atoms. The maximum Gasteiger partial charge on any atom is 0.260 e. The number of amides is 1. The van der Waals surface area contributed by atoms with E-state index in [0.29, 0.717) is 5.75 Å². The van der Waals surface area contributed by atoms with E-state index in [2.05, 4.69) is 21.2 Å².